The van der Waals surface area contributed by atoms with Crippen molar-refractivity contribution in [2.45, 2.75) is 19.5 Å². The zero-order valence-electron chi connectivity index (χ0n) is 12.5. The van der Waals surface area contributed by atoms with E-state index in [1.165, 1.54) is 16.8 Å². The van der Waals surface area contributed by atoms with Crippen LogP contribution in [-0.4, -0.2) is 20.6 Å². The topological polar surface area (TPSA) is 110 Å². The van der Waals surface area contributed by atoms with E-state index in [-0.39, 0.29) is 25.4 Å². The molecular weight excluding hydrogens is 332 g/mol. The molecule has 0 bridgehead atoms. The number of aromatic amines is 1. The molecule has 0 saturated heterocycles. The number of aryl methyl sites for hydroxylation is 1. The molecule has 0 fully saturated rings. The lowest BCUT2D eigenvalue weighted by atomic mass is 10.3. The molecule has 0 atom stereocenters. The molecule has 0 radical (unpaired) electrons. The normalized spacial score (nSPS) is 10.7. The molecule has 8 nitrogen and oxygen atoms in total. The first kappa shape index (κ1) is 15.9. The highest BCUT2D eigenvalue weighted by Crippen LogP contribution is 2.24. The molecule has 3 aromatic rings. The minimum absolute atomic E-state index is 0.113. The number of H-pyrrole nitrogens is 1. The Morgan fingerprint density at radius 2 is 2.25 bits per heavy atom. The van der Waals surface area contributed by atoms with Crippen LogP contribution in [0.2, 0.25) is 0 Å². The maximum absolute atomic E-state index is 11.8. The number of hydrogen-bond acceptors (Lipinski definition) is 6. The van der Waals surface area contributed by atoms with Crippen LogP contribution in [-0.2, 0) is 17.9 Å². The Labute approximate surface area is 139 Å². The molecule has 24 heavy (non-hydrogen) atoms. The van der Waals surface area contributed by atoms with Crippen molar-refractivity contribution < 1.29 is 9.32 Å². The van der Waals surface area contributed by atoms with Crippen molar-refractivity contribution in [3.8, 4) is 10.6 Å². The van der Waals surface area contributed by atoms with Crippen LogP contribution in [0.4, 0.5) is 0 Å². The van der Waals surface area contributed by atoms with Crippen molar-refractivity contribution in [2.24, 2.45) is 0 Å². The lowest BCUT2D eigenvalue weighted by molar-refractivity contribution is -0.121. The molecule has 0 spiro atoms. The molecule has 3 heterocycles. The molecule has 0 aliphatic rings. The minimum atomic E-state index is -0.535. The largest absolute Gasteiger partial charge is 0.355 e. The fourth-order valence-electron chi connectivity index (χ4n) is 2.05. The number of nitrogens with zero attached hydrogens (tertiary/aromatic N) is 2. The molecule has 9 heteroatoms. The first-order valence-corrected chi connectivity index (χ1v) is 8.06. The summed E-state index contributed by atoms with van der Waals surface area (Å²) in [6.45, 7) is 0.426. The van der Waals surface area contributed by atoms with Crippen molar-refractivity contribution in [3.05, 3.63) is 62.4 Å². The van der Waals surface area contributed by atoms with Crippen LogP contribution < -0.4 is 16.6 Å². The first-order valence-electron chi connectivity index (χ1n) is 7.18. The molecule has 0 saturated carbocycles. The second-order valence-electron chi connectivity index (χ2n) is 4.99. The van der Waals surface area contributed by atoms with Gasteiger partial charge in [-0.1, -0.05) is 11.2 Å². The molecule has 3 aromatic heterocycles. The number of carbonyl (C=O) groups is 1. The number of thiophene rings is 1. The zero-order valence-corrected chi connectivity index (χ0v) is 13.3. The Balaban J connectivity index is 1.51. The van der Waals surface area contributed by atoms with Gasteiger partial charge in [0, 0.05) is 31.3 Å². The number of rotatable bonds is 6. The van der Waals surface area contributed by atoms with Crippen LogP contribution in [0.25, 0.3) is 10.6 Å². The predicted octanol–water partition coefficient (Wildman–Crippen LogP) is 0.960. The molecule has 124 valence electrons. The third kappa shape index (κ3) is 3.87. The average molecular weight is 346 g/mol. The van der Waals surface area contributed by atoms with E-state index in [2.05, 4.69) is 15.5 Å². The smallest absolute Gasteiger partial charge is 0.328 e. The van der Waals surface area contributed by atoms with Gasteiger partial charge >= 0.3 is 5.69 Å². The number of nitrogens with one attached hydrogen (secondary N) is 2. The Hall–Kier alpha value is -2.94. The third-order valence-electron chi connectivity index (χ3n) is 3.27. The summed E-state index contributed by atoms with van der Waals surface area (Å²) >= 11 is 1.54. The summed E-state index contributed by atoms with van der Waals surface area (Å²) in [7, 11) is 0. The standard InChI is InChI=1S/C15H14N4O4S/c20-13(3-5-19-6-4-14(21)17-15(19)22)16-9-10-8-11(23-18-10)12-2-1-7-24-12/h1-2,4,6-8H,3,5,9H2,(H,16,20)(H,17,21,22). The van der Waals surface area contributed by atoms with Crippen LogP contribution in [0.1, 0.15) is 12.1 Å². The van der Waals surface area contributed by atoms with Crippen molar-refractivity contribution in [1.29, 1.82) is 0 Å². The number of hydrogen-bond donors (Lipinski definition) is 2. The lowest BCUT2D eigenvalue weighted by Gasteiger charge is -2.05. The van der Waals surface area contributed by atoms with E-state index in [0.29, 0.717) is 11.5 Å². The van der Waals surface area contributed by atoms with Gasteiger partial charge in [0.1, 0.15) is 5.69 Å². The molecule has 3 rings (SSSR count). The summed E-state index contributed by atoms with van der Waals surface area (Å²) in [5.74, 6) is 0.433. The van der Waals surface area contributed by atoms with Gasteiger partial charge in [0.05, 0.1) is 11.4 Å². The van der Waals surface area contributed by atoms with Gasteiger partial charge in [-0.25, -0.2) is 4.79 Å². The summed E-state index contributed by atoms with van der Waals surface area (Å²) in [6.07, 6.45) is 1.47. The highest BCUT2D eigenvalue weighted by atomic mass is 32.1. The zero-order chi connectivity index (χ0) is 16.9. The van der Waals surface area contributed by atoms with Gasteiger partial charge < -0.3 is 14.4 Å². The van der Waals surface area contributed by atoms with E-state index >= 15 is 0 Å². The number of amides is 1. The van der Waals surface area contributed by atoms with Crippen LogP contribution in [0, 0.1) is 0 Å². The van der Waals surface area contributed by atoms with E-state index in [9.17, 15) is 14.4 Å². The first-order chi connectivity index (χ1) is 11.6. The molecule has 0 aromatic carbocycles. The van der Waals surface area contributed by atoms with Gasteiger partial charge in [-0.05, 0) is 11.4 Å². The maximum Gasteiger partial charge on any atom is 0.328 e. The highest BCUT2D eigenvalue weighted by Gasteiger charge is 2.09. The second-order valence-corrected chi connectivity index (χ2v) is 5.94. The summed E-state index contributed by atoms with van der Waals surface area (Å²) in [5.41, 5.74) is -0.381. The highest BCUT2D eigenvalue weighted by molar-refractivity contribution is 7.13. The summed E-state index contributed by atoms with van der Waals surface area (Å²) in [6, 6.07) is 6.86. The van der Waals surface area contributed by atoms with Crippen molar-refractivity contribution in [2.75, 3.05) is 0 Å². The van der Waals surface area contributed by atoms with Crippen molar-refractivity contribution in [3.63, 3.8) is 0 Å². The lowest BCUT2D eigenvalue weighted by Crippen LogP contribution is -2.31. The molecule has 0 aliphatic heterocycles. The number of aromatic nitrogens is 3. The Kier molecular flexibility index (Phi) is 4.71. The van der Waals surface area contributed by atoms with Crippen molar-refractivity contribution in [1.82, 2.24) is 20.0 Å². The van der Waals surface area contributed by atoms with E-state index in [1.807, 2.05) is 17.5 Å². The summed E-state index contributed by atoms with van der Waals surface area (Å²) in [5, 5.41) is 8.56. The van der Waals surface area contributed by atoms with Gasteiger partial charge in [-0.15, -0.1) is 11.3 Å². The fraction of sp³-hybridized carbons (Fsp3) is 0.200. The number of carbonyl (C=O) groups excluding carboxylic acids is 1. The summed E-state index contributed by atoms with van der Waals surface area (Å²) in [4.78, 5) is 37.4. The van der Waals surface area contributed by atoms with E-state index < -0.39 is 11.2 Å². The molecule has 0 aliphatic carbocycles. The van der Waals surface area contributed by atoms with Gasteiger partial charge in [-0.2, -0.15) is 0 Å². The van der Waals surface area contributed by atoms with E-state index in [1.54, 1.807) is 17.4 Å². The van der Waals surface area contributed by atoms with Crippen molar-refractivity contribution >= 4 is 17.2 Å². The molecular formula is C15H14N4O4S. The van der Waals surface area contributed by atoms with Crippen LogP contribution >= 0.6 is 11.3 Å². The predicted molar refractivity (Wildman–Crippen MR) is 87.6 cm³/mol. The van der Waals surface area contributed by atoms with Crippen LogP contribution in [0.3, 0.4) is 0 Å². The monoisotopic (exact) mass is 346 g/mol. The molecule has 2 N–H and O–H groups in total. The Morgan fingerprint density at radius 3 is 3.00 bits per heavy atom. The van der Waals surface area contributed by atoms with E-state index in [4.69, 9.17) is 4.52 Å². The Bertz CT molecular complexity index is 939. The summed E-state index contributed by atoms with van der Waals surface area (Å²) < 4.78 is 6.50. The molecule has 1 amide bonds. The quantitative estimate of drug-likeness (QED) is 0.691. The van der Waals surface area contributed by atoms with Crippen LogP contribution in [0.15, 0.2) is 50.0 Å². The van der Waals surface area contributed by atoms with Gasteiger partial charge in [0.2, 0.25) is 5.91 Å². The maximum atomic E-state index is 11.8. The average Bonchev–Trinajstić information content (AvgIpc) is 3.23. The third-order valence-corrected chi connectivity index (χ3v) is 4.15. The molecule has 0 unspecified atom stereocenters. The SMILES string of the molecule is O=C(CCn1ccc(=O)[nH]c1=O)NCc1cc(-c2cccs2)on1. The minimum Gasteiger partial charge on any atom is -0.355 e. The van der Waals surface area contributed by atoms with Gasteiger partial charge in [0.15, 0.2) is 5.76 Å². The Morgan fingerprint density at radius 1 is 1.38 bits per heavy atom. The second kappa shape index (κ2) is 7.09. The van der Waals surface area contributed by atoms with Gasteiger partial charge in [0.25, 0.3) is 5.56 Å². The van der Waals surface area contributed by atoms with E-state index in [0.717, 1.165) is 4.88 Å². The van der Waals surface area contributed by atoms with Crippen LogP contribution in [0.5, 0.6) is 0 Å². The van der Waals surface area contributed by atoms with Gasteiger partial charge in [-0.3, -0.25) is 14.6 Å². The fourth-order valence-corrected chi connectivity index (χ4v) is 2.72.